The van der Waals surface area contributed by atoms with Crippen LogP contribution in [0.3, 0.4) is 0 Å². The van der Waals surface area contributed by atoms with Crippen molar-refractivity contribution in [1.82, 2.24) is 0 Å². The fraction of sp³-hybridized carbons (Fsp3) is 0.125. The van der Waals surface area contributed by atoms with Crippen molar-refractivity contribution in [3.8, 4) is 0 Å². The van der Waals surface area contributed by atoms with Crippen molar-refractivity contribution in [2.75, 3.05) is 25.7 Å². The minimum Gasteiger partial charge on any atom is -0.465 e. The number of benzene rings is 2. The molecule has 0 aromatic heterocycles. The van der Waals surface area contributed by atoms with E-state index in [2.05, 4.69) is 9.47 Å². The highest BCUT2D eigenvalue weighted by molar-refractivity contribution is 14.1. The summed E-state index contributed by atoms with van der Waals surface area (Å²) in [7, 11) is 2.31. The average molecular weight is 587 g/mol. The van der Waals surface area contributed by atoms with Crippen molar-refractivity contribution in [3.63, 3.8) is 0 Å². The number of nitrogens with two attached hydrogens (primary N) is 2. The summed E-state index contributed by atoms with van der Waals surface area (Å²) in [6.45, 7) is 0. The maximum Gasteiger partial charge on any atom is 0.339 e. The average Bonchev–Trinajstić information content (AvgIpc) is 2.71. The molecule has 0 heterocycles. The summed E-state index contributed by atoms with van der Waals surface area (Å²) in [6.07, 6.45) is 0. The van der Waals surface area contributed by atoms with Gasteiger partial charge in [0.1, 0.15) is 11.4 Å². The third kappa shape index (κ3) is 6.05. The van der Waals surface area contributed by atoms with Gasteiger partial charge in [0.25, 0.3) is 11.4 Å². The van der Waals surface area contributed by atoms with Crippen LogP contribution in [-0.2, 0) is 9.47 Å². The normalized spacial score (nSPS) is 9.84. The predicted molar refractivity (Wildman–Crippen MR) is 120 cm³/mol. The molecule has 0 bridgehead atoms. The lowest BCUT2D eigenvalue weighted by atomic mass is 10.1. The number of nitrogens with zero attached hydrogens (tertiary/aromatic N) is 2. The highest BCUT2D eigenvalue weighted by Crippen LogP contribution is 2.35. The van der Waals surface area contributed by atoms with Crippen LogP contribution in [0.15, 0.2) is 18.2 Å². The Hall–Kier alpha value is -2.91. The third-order valence-corrected chi connectivity index (χ3v) is 5.69. The Morgan fingerprint density at radius 2 is 1.39 bits per heavy atom. The summed E-state index contributed by atoms with van der Waals surface area (Å²) in [5.41, 5.74) is 9.80. The fourth-order valence-electron chi connectivity index (χ4n) is 2.04. The highest BCUT2D eigenvalue weighted by Gasteiger charge is 2.24. The van der Waals surface area contributed by atoms with Gasteiger partial charge in [0.2, 0.25) is 0 Å². The Morgan fingerprint density at radius 3 is 1.84 bits per heavy atom. The molecule has 0 radical (unpaired) electrons. The van der Waals surface area contributed by atoms with Gasteiger partial charge in [0.15, 0.2) is 0 Å². The van der Waals surface area contributed by atoms with E-state index in [-0.39, 0.29) is 47.5 Å². The Bertz CT molecular complexity index is 1080. The molecule has 2 rings (SSSR count). The lowest BCUT2D eigenvalue weighted by molar-refractivity contribution is -0.384. The SMILES string of the molecule is COC(=O)c1cc([N+](=O)[O-])c(N)c(I)c1Cl.COC(=O)c1cc([N+](=O)[O-])c(N)cc1Cl. The van der Waals surface area contributed by atoms with E-state index in [9.17, 15) is 29.8 Å². The summed E-state index contributed by atoms with van der Waals surface area (Å²) >= 11 is 13.2. The zero-order valence-corrected chi connectivity index (χ0v) is 19.4. The molecule has 4 N–H and O–H groups in total. The number of halogens is 3. The van der Waals surface area contributed by atoms with Crippen molar-refractivity contribution < 1.29 is 28.9 Å². The molecule has 15 heteroatoms. The lowest BCUT2D eigenvalue weighted by Crippen LogP contribution is -2.07. The minimum absolute atomic E-state index is 0.0185. The van der Waals surface area contributed by atoms with E-state index < -0.39 is 21.8 Å². The van der Waals surface area contributed by atoms with Crippen LogP contribution in [0.25, 0.3) is 0 Å². The van der Waals surface area contributed by atoms with Crippen molar-refractivity contribution in [3.05, 3.63) is 63.2 Å². The van der Waals surface area contributed by atoms with Gasteiger partial charge in [-0.3, -0.25) is 20.2 Å². The number of methoxy groups -OCH3 is 2. The van der Waals surface area contributed by atoms with Gasteiger partial charge in [-0.1, -0.05) is 23.2 Å². The van der Waals surface area contributed by atoms with E-state index >= 15 is 0 Å². The first kappa shape index (κ1) is 26.1. The second-order valence-corrected chi connectivity index (χ2v) is 7.24. The Kier molecular flexibility index (Phi) is 9.20. The number of nitro groups is 2. The lowest BCUT2D eigenvalue weighted by Gasteiger charge is -2.07. The molecule has 0 aliphatic carbocycles. The summed E-state index contributed by atoms with van der Waals surface area (Å²) < 4.78 is 9.12. The van der Waals surface area contributed by atoms with Gasteiger partial charge in [0, 0.05) is 12.1 Å². The minimum atomic E-state index is -0.747. The molecule has 0 fully saturated rings. The van der Waals surface area contributed by atoms with Crippen LogP contribution in [0.5, 0.6) is 0 Å². The number of esters is 2. The first-order valence-electron chi connectivity index (χ1n) is 7.69. The van der Waals surface area contributed by atoms with Gasteiger partial charge >= 0.3 is 11.9 Å². The number of carbonyl (C=O) groups excluding carboxylic acids is 2. The summed E-state index contributed by atoms with van der Waals surface area (Å²) in [5.74, 6) is -1.49. The Labute approximate surface area is 197 Å². The molecule has 31 heavy (non-hydrogen) atoms. The Balaban J connectivity index is 0.000000311. The van der Waals surface area contributed by atoms with Gasteiger partial charge in [-0.15, -0.1) is 0 Å². The second-order valence-electron chi connectivity index (χ2n) is 5.37. The number of rotatable bonds is 4. The molecule has 166 valence electrons. The largest absolute Gasteiger partial charge is 0.465 e. The van der Waals surface area contributed by atoms with E-state index in [1.807, 2.05) is 0 Å². The van der Waals surface area contributed by atoms with Crippen molar-refractivity contribution in [2.45, 2.75) is 0 Å². The molecular formula is C16H13Cl2IN4O8. The van der Waals surface area contributed by atoms with E-state index in [1.165, 1.54) is 0 Å². The smallest absolute Gasteiger partial charge is 0.339 e. The van der Waals surface area contributed by atoms with Gasteiger partial charge in [0.05, 0.1) is 48.8 Å². The van der Waals surface area contributed by atoms with Gasteiger partial charge in [-0.25, -0.2) is 9.59 Å². The molecule has 0 spiro atoms. The number of carbonyl (C=O) groups is 2. The van der Waals surface area contributed by atoms with Crippen LogP contribution < -0.4 is 11.5 Å². The molecule has 0 aliphatic rings. The van der Waals surface area contributed by atoms with Gasteiger partial charge in [-0.05, 0) is 28.7 Å². The highest BCUT2D eigenvalue weighted by atomic mass is 127. The number of nitrogen functional groups attached to an aromatic ring is 2. The summed E-state index contributed by atoms with van der Waals surface area (Å²) in [6, 6.07) is 3.14. The fourth-order valence-corrected chi connectivity index (χ4v) is 3.09. The maximum absolute atomic E-state index is 11.3. The van der Waals surface area contributed by atoms with Crippen molar-refractivity contribution in [2.24, 2.45) is 0 Å². The van der Waals surface area contributed by atoms with Crippen LogP contribution in [0.1, 0.15) is 20.7 Å². The van der Waals surface area contributed by atoms with E-state index in [1.54, 1.807) is 22.6 Å². The number of nitro benzene ring substituents is 2. The molecule has 0 amide bonds. The first-order chi connectivity index (χ1) is 14.4. The molecule has 12 nitrogen and oxygen atoms in total. The molecule has 2 aromatic carbocycles. The summed E-state index contributed by atoms with van der Waals surface area (Å²) in [5, 5.41) is 21.3. The molecule has 0 saturated heterocycles. The van der Waals surface area contributed by atoms with Crippen LogP contribution >= 0.6 is 45.8 Å². The zero-order chi connectivity index (χ0) is 24.0. The second kappa shape index (κ2) is 10.9. The van der Waals surface area contributed by atoms with E-state index in [0.717, 1.165) is 32.4 Å². The topological polar surface area (TPSA) is 191 Å². The molecule has 0 unspecified atom stereocenters. The van der Waals surface area contributed by atoms with Gasteiger partial charge < -0.3 is 20.9 Å². The molecule has 0 atom stereocenters. The van der Waals surface area contributed by atoms with Crippen molar-refractivity contribution >= 4 is 80.5 Å². The monoisotopic (exact) mass is 586 g/mol. The van der Waals surface area contributed by atoms with Crippen LogP contribution in [0.4, 0.5) is 22.7 Å². The van der Waals surface area contributed by atoms with Crippen LogP contribution in [-0.4, -0.2) is 36.0 Å². The molecule has 0 saturated carbocycles. The van der Waals surface area contributed by atoms with Gasteiger partial charge in [-0.2, -0.15) is 0 Å². The number of ether oxygens (including phenoxy) is 2. The summed E-state index contributed by atoms with van der Waals surface area (Å²) in [4.78, 5) is 42.3. The van der Waals surface area contributed by atoms with E-state index in [4.69, 9.17) is 34.7 Å². The number of hydrogen-bond acceptors (Lipinski definition) is 10. The molecule has 0 aliphatic heterocycles. The quantitative estimate of drug-likeness (QED) is 0.175. The van der Waals surface area contributed by atoms with E-state index in [0.29, 0.717) is 0 Å². The van der Waals surface area contributed by atoms with Crippen molar-refractivity contribution in [1.29, 1.82) is 0 Å². The number of hydrogen-bond donors (Lipinski definition) is 2. The predicted octanol–water partition coefficient (Wildman–Crippen LogP) is 3.84. The Morgan fingerprint density at radius 1 is 0.935 bits per heavy atom. The first-order valence-corrected chi connectivity index (χ1v) is 9.52. The van der Waals surface area contributed by atoms with Crippen LogP contribution in [0, 0.1) is 23.8 Å². The zero-order valence-electron chi connectivity index (χ0n) is 15.7. The molecule has 2 aromatic rings. The molecular weight excluding hydrogens is 574 g/mol. The van der Waals surface area contributed by atoms with Crippen LogP contribution in [0.2, 0.25) is 10.0 Å². The number of anilines is 2. The maximum atomic E-state index is 11.3. The third-order valence-electron chi connectivity index (χ3n) is 3.54. The standard InChI is InChI=1S/C8H6ClIN2O4.C8H7ClN2O4/c1-16-8(13)3-2-4(12(14)15)7(11)6(10)5(3)9;1-15-8(12)4-2-7(11(13)14)6(10)3-5(4)9/h2H,11H2,1H3;2-3H,10H2,1H3.